The molecular weight excluding hydrogens is 292 g/mol. The van der Waals surface area contributed by atoms with Gasteiger partial charge in [-0.25, -0.2) is 0 Å². The Bertz CT molecular complexity index is 786. The standard InChI is InChI=1S/C18H18N2O3/c1-11-6-4-5-7-14(11)17(21)19-13-8-9-16-15(10-13)20(3)18(22)12(2)23-16/h4-10,12H,1-3H3,(H,19,21). The molecule has 2 aromatic rings. The predicted molar refractivity (Wildman–Crippen MR) is 89.1 cm³/mol. The molecule has 0 bridgehead atoms. The Morgan fingerprint density at radius 1 is 1.22 bits per heavy atom. The highest BCUT2D eigenvalue weighted by atomic mass is 16.5. The number of carbonyl (C=O) groups is 2. The van der Waals surface area contributed by atoms with Gasteiger partial charge in [-0.15, -0.1) is 0 Å². The van der Waals surface area contributed by atoms with Crippen LogP contribution in [0.1, 0.15) is 22.8 Å². The van der Waals surface area contributed by atoms with Gasteiger partial charge in [0, 0.05) is 18.3 Å². The van der Waals surface area contributed by atoms with Gasteiger partial charge < -0.3 is 15.0 Å². The number of anilines is 2. The minimum atomic E-state index is -0.500. The molecule has 1 N–H and O–H groups in total. The Balaban J connectivity index is 1.87. The first-order valence-electron chi connectivity index (χ1n) is 7.42. The average molecular weight is 310 g/mol. The number of hydrogen-bond acceptors (Lipinski definition) is 3. The van der Waals surface area contributed by atoms with E-state index in [9.17, 15) is 9.59 Å². The van der Waals surface area contributed by atoms with Gasteiger partial charge in [-0.1, -0.05) is 18.2 Å². The summed E-state index contributed by atoms with van der Waals surface area (Å²) in [5.41, 5.74) is 2.80. The normalized spacial score (nSPS) is 16.6. The zero-order valence-electron chi connectivity index (χ0n) is 13.3. The number of benzene rings is 2. The molecular formula is C18H18N2O3. The van der Waals surface area contributed by atoms with Crippen LogP contribution in [0, 0.1) is 6.92 Å². The van der Waals surface area contributed by atoms with Gasteiger partial charge in [0.05, 0.1) is 5.69 Å². The quantitative estimate of drug-likeness (QED) is 0.927. The van der Waals surface area contributed by atoms with Crippen molar-refractivity contribution in [3.63, 3.8) is 0 Å². The third kappa shape index (κ3) is 2.77. The summed E-state index contributed by atoms with van der Waals surface area (Å²) < 4.78 is 5.57. The molecule has 118 valence electrons. The van der Waals surface area contributed by atoms with E-state index >= 15 is 0 Å². The highest BCUT2D eigenvalue weighted by Crippen LogP contribution is 2.35. The summed E-state index contributed by atoms with van der Waals surface area (Å²) in [5.74, 6) is 0.343. The summed E-state index contributed by atoms with van der Waals surface area (Å²) in [4.78, 5) is 25.9. The van der Waals surface area contributed by atoms with E-state index in [0.29, 0.717) is 22.7 Å². The number of nitrogens with zero attached hydrogens (tertiary/aromatic N) is 1. The Hall–Kier alpha value is -2.82. The molecule has 5 heteroatoms. The molecule has 5 nitrogen and oxygen atoms in total. The maximum absolute atomic E-state index is 12.4. The van der Waals surface area contributed by atoms with E-state index in [1.807, 2.05) is 25.1 Å². The van der Waals surface area contributed by atoms with Crippen molar-refractivity contribution in [1.29, 1.82) is 0 Å². The number of carbonyl (C=O) groups excluding carboxylic acids is 2. The molecule has 0 fully saturated rings. The fourth-order valence-electron chi connectivity index (χ4n) is 2.62. The van der Waals surface area contributed by atoms with Gasteiger partial charge in [0.15, 0.2) is 6.10 Å². The highest BCUT2D eigenvalue weighted by molar-refractivity contribution is 6.06. The Kier molecular flexibility index (Phi) is 3.78. The molecule has 0 aromatic heterocycles. The van der Waals surface area contributed by atoms with Gasteiger partial charge in [-0.05, 0) is 43.7 Å². The lowest BCUT2D eigenvalue weighted by Crippen LogP contribution is -2.41. The molecule has 23 heavy (non-hydrogen) atoms. The van der Waals surface area contributed by atoms with Crippen LogP contribution in [0.4, 0.5) is 11.4 Å². The number of likely N-dealkylation sites (N-methyl/N-ethyl adjacent to an activating group) is 1. The summed E-state index contributed by atoms with van der Waals surface area (Å²) >= 11 is 0. The van der Waals surface area contributed by atoms with E-state index in [-0.39, 0.29) is 11.8 Å². The molecule has 0 spiro atoms. The van der Waals surface area contributed by atoms with Crippen molar-refractivity contribution in [2.75, 3.05) is 17.3 Å². The lowest BCUT2D eigenvalue weighted by Gasteiger charge is -2.30. The second-order valence-electron chi connectivity index (χ2n) is 5.61. The SMILES string of the molecule is Cc1ccccc1C(=O)Nc1ccc2c(c1)N(C)C(=O)C(C)O2. The number of fused-ring (bicyclic) bond motifs is 1. The van der Waals surface area contributed by atoms with Crippen molar-refractivity contribution in [2.24, 2.45) is 0 Å². The summed E-state index contributed by atoms with van der Waals surface area (Å²) in [6, 6.07) is 12.7. The minimum absolute atomic E-state index is 0.111. The molecule has 0 radical (unpaired) electrons. The first-order valence-corrected chi connectivity index (χ1v) is 7.42. The number of ether oxygens (including phenoxy) is 1. The number of amides is 2. The number of nitrogens with one attached hydrogen (secondary N) is 1. The molecule has 1 atom stereocenters. The Labute approximate surface area is 134 Å². The molecule has 2 aromatic carbocycles. The Morgan fingerprint density at radius 2 is 1.96 bits per heavy atom. The fourth-order valence-corrected chi connectivity index (χ4v) is 2.62. The van der Waals surface area contributed by atoms with Crippen molar-refractivity contribution in [2.45, 2.75) is 20.0 Å². The fraction of sp³-hybridized carbons (Fsp3) is 0.222. The zero-order chi connectivity index (χ0) is 16.6. The smallest absolute Gasteiger partial charge is 0.267 e. The van der Waals surface area contributed by atoms with Crippen LogP contribution in [-0.4, -0.2) is 25.0 Å². The average Bonchev–Trinajstić information content (AvgIpc) is 2.54. The molecule has 0 saturated carbocycles. The van der Waals surface area contributed by atoms with Crippen molar-refractivity contribution in [3.05, 3.63) is 53.6 Å². The van der Waals surface area contributed by atoms with Crippen LogP contribution in [0.25, 0.3) is 0 Å². The lowest BCUT2D eigenvalue weighted by atomic mass is 10.1. The predicted octanol–water partition coefficient (Wildman–Crippen LogP) is 2.99. The second-order valence-corrected chi connectivity index (χ2v) is 5.61. The monoisotopic (exact) mass is 310 g/mol. The number of rotatable bonds is 2. The van der Waals surface area contributed by atoms with E-state index in [1.54, 1.807) is 43.1 Å². The van der Waals surface area contributed by atoms with Crippen LogP contribution in [0.15, 0.2) is 42.5 Å². The van der Waals surface area contributed by atoms with Crippen molar-refractivity contribution < 1.29 is 14.3 Å². The van der Waals surface area contributed by atoms with Gasteiger partial charge >= 0.3 is 0 Å². The molecule has 1 unspecified atom stereocenters. The van der Waals surface area contributed by atoms with Crippen LogP contribution in [0.2, 0.25) is 0 Å². The third-order valence-electron chi connectivity index (χ3n) is 3.95. The van der Waals surface area contributed by atoms with Gasteiger partial charge in [0.25, 0.3) is 11.8 Å². The highest BCUT2D eigenvalue weighted by Gasteiger charge is 2.29. The zero-order valence-corrected chi connectivity index (χ0v) is 13.3. The summed E-state index contributed by atoms with van der Waals surface area (Å²) in [5, 5.41) is 2.86. The first kappa shape index (κ1) is 15.1. The van der Waals surface area contributed by atoms with Gasteiger partial charge in [0.2, 0.25) is 0 Å². The topological polar surface area (TPSA) is 58.6 Å². The second kappa shape index (κ2) is 5.76. The third-order valence-corrected chi connectivity index (χ3v) is 3.95. The van der Waals surface area contributed by atoms with Crippen LogP contribution in [-0.2, 0) is 4.79 Å². The molecule has 2 amide bonds. The van der Waals surface area contributed by atoms with Crippen molar-refractivity contribution in [1.82, 2.24) is 0 Å². The maximum Gasteiger partial charge on any atom is 0.267 e. The van der Waals surface area contributed by atoms with Crippen LogP contribution in [0.5, 0.6) is 5.75 Å². The van der Waals surface area contributed by atoms with Crippen LogP contribution < -0.4 is 15.0 Å². The van der Waals surface area contributed by atoms with E-state index < -0.39 is 6.10 Å². The summed E-state index contributed by atoms with van der Waals surface area (Å²) in [6.45, 7) is 3.61. The lowest BCUT2D eigenvalue weighted by molar-refractivity contribution is -0.125. The number of aryl methyl sites for hydroxylation is 1. The van der Waals surface area contributed by atoms with Gasteiger partial charge in [-0.2, -0.15) is 0 Å². The number of hydrogen-bond donors (Lipinski definition) is 1. The molecule has 3 rings (SSSR count). The molecule has 1 aliphatic heterocycles. The van der Waals surface area contributed by atoms with Crippen LogP contribution in [0.3, 0.4) is 0 Å². The van der Waals surface area contributed by atoms with E-state index in [2.05, 4.69) is 5.32 Å². The van der Waals surface area contributed by atoms with E-state index in [1.165, 1.54) is 0 Å². The van der Waals surface area contributed by atoms with Crippen molar-refractivity contribution >= 4 is 23.2 Å². The summed E-state index contributed by atoms with van der Waals surface area (Å²) in [7, 11) is 1.70. The van der Waals surface area contributed by atoms with Crippen molar-refractivity contribution in [3.8, 4) is 5.75 Å². The molecule has 0 aliphatic carbocycles. The van der Waals surface area contributed by atoms with Gasteiger partial charge in [0.1, 0.15) is 5.75 Å². The van der Waals surface area contributed by atoms with Gasteiger partial charge in [-0.3, -0.25) is 9.59 Å². The first-order chi connectivity index (χ1) is 11.0. The van der Waals surface area contributed by atoms with E-state index in [4.69, 9.17) is 4.74 Å². The van der Waals surface area contributed by atoms with E-state index in [0.717, 1.165) is 5.56 Å². The maximum atomic E-state index is 12.4. The van der Waals surface area contributed by atoms with Crippen LogP contribution >= 0.6 is 0 Å². The largest absolute Gasteiger partial charge is 0.479 e. The molecule has 1 aliphatic rings. The minimum Gasteiger partial charge on any atom is -0.479 e. The molecule has 0 saturated heterocycles. The molecule has 1 heterocycles. The Morgan fingerprint density at radius 3 is 2.70 bits per heavy atom. The summed E-state index contributed by atoms with van der Waals surface area (Å²) in [6.07, 6.45) is -0.500.